The van der Waals surface area contributed by atoms with Crippen LogP contribution in [-0.4, -0.2) is 278 Å². The van der Waals surface area contributed by atoms with E-state index in [4.69, 9.17) is 0 Å². The van der Waals surface area contributed by atoms with E-state index in [0.29, 0.717) is 61.4 Å². The first kappa shape index (κ1) is 97.5. The maximum Gasteiger partial charge on any atom is 0.133 e. The van der Waals surface area contributed by atoms with Gasteiger partial charge in [-0.05, 0) is 367 Å². The molecular formula is C90H184F3N11. The van der Waals surface area contributed by atoms with E-state index in [-0.39, 0.29) is 0 Å². The lowest BCUT2D eigenvalue weighted by atomic mass is 9.95. The predicted octanol–water partition coefficient (Wildman–Crippen LogP) is 19.9. The third-order valence-corrected chi connectivity index (χ3v) is 26.4. The van der Waals surface area contributed by atoms with Gasteiger partial charge in [-0.1, -0.05) is 20.3 Å². The molecule has 13 fully saturated rings. The summed E-state index contributed by atoms with van der Waals surface area (Å²) in [7, 11) is 0. The number of nitrogens with zero attached hydrogens (tertiary/aromatic N) is 11. The second-order valence-electron chi connectivity index (χ2n) is 40.2. The van der Waals surface area contributed by atoms with E-state index in [1.165, 1.54) is 155 Å². The minimum atomic E-state index is -0.899. The van der Waals surface area contributed by atoms with Gasteiger partial charge in [0, 0.05) is 180 Å². The summed E-state index contributed by atoms with van der Waals surface area (Å²) in [5.41, 5.74) is -2.14. The zero-order valence-electron chi connectivity index (χ0n) is 75.8. The molecule has 0 N–H and O–H groups in total. The van der Waals surface area contributed by atoms with Crippen molar-refractivity contribution < 1.29 is 13.2 Å². The fourth-order valence-electron chi connectivity index (χ4n) is 18.5. The SMILES string of the molecule is CC(C)N1CC(C)(F)C1.CC(C)N1CC2C(C1)C2(C)F.CC(C)N1CC2CC2C1.CC(C)N1CCC(C)(F)CC1.CC(C)N1CCCC1(C)C.CC(C)N1CCCC[C@@H]1C.CC(C)N1CCC[C@@H]1C.CC(C)N1CCC[C@@H]1C.CC(C)N1CCC[C@H]1C.CC1CCN(C(C)C)C1.CC1CN(C(C)C)C1. The van der Waals surface area contributed by atoms with E-state index in [1.54, 1.807) is 20.8 Å². The third-order valence-electron chi connectivity index (χ3n) is 26.4. The molecule has 11 aliphatic heterocycles. The Labute approximate surface area is 648 Å². The Morgan fingerprint density at radius 3 is 0.827 bits per heavy atom. The molecule has 0 aromatic heterocycles. The van der Waals surface area contributed by atoms with Gasteiger partial charge in [0.1, 0.15) is 17.0 Å². The van der Waals surface area contributed by atoms with Crippen LogP contribution in [0, 0.1) is 35.5 Å². The summed E-state index contributed by atoms with van der Waals surface area (Å²) in [6, 6.07) is 11.1. The summed E-state index contributed by atoms with van der Waals surface area (Å²) in [5, 5.41) is 0. The van der Waals surface area contributed by atoms with E-state index in [1.807, 2.05) is 0 Å². The van der Waals surface area contributed by atoms with Crippen LogP contribution in [0.25, 0.3) is 0 Å². The van der Waals surface area contributed by atoms with Crippen LogP contribution in [0.2, 0.25) is 0 Å². The highest BCUT2D eigenvalue weighted by atomic mass is 19.2. The highest BCUT2D eigenvalue weighted by Gasteiger charge is 2.66. The molecule has 0 spiro atoms. The Hall–Kier alpha value is -0.650. The molecule has 0 aromatic carbocycles. The second-order valence-corrected chi connectivity index (χ2v) is 40.2. The molecule has 13 aliphatic rings. The average Bonchev–Trinajstić information content (AvgIpc) is 1.55. The fraction of sp³-hybridized carbons (Fsp3) is 1.00. The molecule has 5 unspecified atom stereocenters. The molecule has 11 nitrogen and oxygen atoms in total. The number of halogens is 3. The standard InChI is InChI=1S/C9H16FN.C9H18FN.2C9H19N.C8H15N.4C8H17N.C7H14FN.C7H15N/c1-6(2)11-4-7-8(5-11)9(7,3)10;1-8(2)11-6-4-9(3,10)5-7-11;1-8(2)10-7-5-6-9(10,3)4;1-8(2)10-7-5-4-6-9(10)3;1-6(2)9-4-7-3-8(7)5-9;1-7(2)9-5-4-8(3)6-9;3*1-7(2)9-6-4-5-8(9)3;1-6(2)9-4-7(3,8)5-9;1-6(2)8-4-7(3)5-8/h6-8H,4-5H2,1-3H3;8H,4-7H2,1-3H3;8H,5-7H2,1-4H3;8-9H,4-7H2,1-3H3;6-8H,3-5H2,1-2H3;4*7-8H,4-6H2,1-3H3;6H,4-5H2,1-3H3;6-7H,4-5H2,1-3H3/t;;;9-;;;3*8-;;/m...0..100../s1. The zero-order valence-corrected chi connectivity index (χ0v) is 75.8. The summed E-state index contributed by atoms with van der Waals surface area (Å²) in [5.74, 6) is 4.80. The lowest BCUT2D eigenvalue weighted by molar-refractivity contribution is -0.0359. The molecule has 14 heteroatoms. The number of hydrogen-bond acceptors (Lipinski definition) is 11. The Balaban J connectivity index is 0.000000297. The molecule has 0 amide bonds. The van der Waals surface area contributed by atoms with Gasteiger partial charge >= 0.3 is 0 Å². The Kier molecular flexibility index (Phi) is 43.0. The quantitative estimate of drug-likeness (QED) is 0.199. The smallest absolute Gasteiger partial charge is 0.133 e. The summed E-state index contributed by atoms with van der Waals surface area (Å²) in [6.45, 7) is 92.8. The van der Waals surface area contributed by atoms with Gasteiger partial charge in [0.2, 0.25) is 0 Å². The van der Waals surface area contributed by atoms with Crippen molar-refractivity contribution >= 4 is 0 Å². The van der Waals surface area contributed by atoms with E-state index >= 15 is 0 Å². The normalized spacial score (nSPS) is 31.5. The largest absolute Gasteiger partial charge is 0.301 e. The molecule has 2 saturated carbocycles. The van der Waals surface area contributed by atoms with Gasteiger partial charge in [0.15, 0.2) is 0 Å². The Morgan fingerprint density at radius 1 is 0.279 bits per heavy atom. The lowest BCUT2D eigenvalue weighted by Crippen LogP contribution is -2.59. The van der Waals surface area contributed by atoms with Gasteiger partial charge in [0.25, 0.3) is 0 Å². The van der Waals surface area contributed by atoms with Crippen molar-refractivity contribution in [2.24, 2.45) is 35.5 Å². The van der Waals surface area contributed by atoms with Crippen LogP contribution < -0.4 is 0 Å². The molecule has 9 atom stereocenters. The lowest BCUT2D eigenvalue weighted by Gasteiger charge is -2.44. The van der Waals surface area contributed by atoms with Crippen molar-refractivity contribution in [1.82, 2.24) is 53.9 Å². The minimum absolute atomic E-state index is 0.352. The molecular weight excluding hydrogens is 1290 g/mol. The van der Waals surface area contributed by atoms with Gasteiger partial charge < -0.3 is 24.5 Å². The van der Waals surface area contributed by atoms with E-state index < -0.39 is 17.0 Å². The number of rotatable bonds is 11. The van der Waals surface area contributed by atoms with Crippen LogP contribution in [0.4, 0.5) is 13.2 Å². The first-order chi connectivity index (χ1) is 48.1. The first-order valence-electron chi connectivity index (χ1n) is 44.4. The minimum Gasteiger partial charge on any atom is -0.301 e. The zero-order chi connectivity index (χ0) is 79.1. The van der Waals surface area contributed by atoms with E-state index in [0.717, 1.165) is 122 Å². The summed E-state index contributed by atoms with van der Waals surface area (Å²) in [4.78, 5) is 27.4. The van der Waals surface area contributed by atoms with Crippen LogP contribution in [0.5, 0.6) is 0 Å². The third kappa shape index (κ3) is 34.4. The molecule has 0 radical (unpaired) electrons. The fourth-order valence-corrected chi connectivity index (χ4v) is 18.5. The highest BCUT2D eigenvalue weighted by Crippen LogP contribution is 2.58. The first-order valence-corrected chi connectivity index (χ1v) is 44.4. The predicted molar refractivity (Wildman–Crippen MR) is 451 cm³/mol. The number of alkyl halides is 3. The molecule has 0 aromatic rings. The summed E-state index contributed by atoms with van der Waals surface area (Å²) in [6.07, 6.45) is 19.7. The monoisotopic (exact) mass is 1480 g/mol. The van der Waals surface area contributed by atoms with Gasteiger partial charge in [-0.25, -0.2) is 13.2 Å². The van der Waals surface area contributed by atoms with Gasteiger partial charge in [-0.2, -0.15) is 0 Å². The molecule has 13 rings (SSSR count). The van der Waals surface area contributed by atoms with E-state index in [9.17, 15) is 13.2 Å². The van der Waals surface area contributed by atoms with Crippen LogP contribution in [0.1, 0.15) is 325 Å². The average molecular weight is 1480 g/mol. The molecule has 2 aliphatic carbocycles. The maximum atomic E-state index is 13.3. The highest BCUT2D eigenvalue weighted by molar-refractivity contribution is 5.16. The number of piperidine rings is 4. The van der Waals surface area contributed by atoms with Crippen molar-refractivity contribution in [3.63, 3.8) is 0 Å². The van der Waals surface area contributed by atoms with Crippen LogP contribution in [0.15, 0.2) is 0 Å². The van der Waals surface area contributed by atoms with Crippen molar-refractivity contribution in [1.29, 1.82) is 0 Å². The number of likely N-dealkylation sites (tertiary alicyclic amines) is 11. The Bertz CT molecular complexity index is 2110. The molecule has 620 valence electrons. The topological polar surface area (TPSA) is 35.6 Å². The number of fused-ring (bicyclic) bond motifs is 2. The van der Waals surface area contributed by atoms with Crippen LogP contribution in [0.3, 0.4) is 0 Å². The maximum absolute atomic E-state index is 13.3. The molecule has 11 saturated heterocycles. The van der Waals surface area contributed by atoms with Crippen molar-refractivity contribution in [3.05, 3.63) is 0 Å². The summed E-state index contributed by atoms with van der Waals surface area (Å²) >= 11 is 0. The van der Waals surface area contributed by atoms with Crippen molar-refractivity contribution in [2.75, 3.05) is 111 Å². The van der Waals surface area contributed by atoms with Crippen LogP contribution in [-0.2, 0) is 0 Å². The van der Waals surface area contributed by atoms with Gasteiger partial charge in [0.05, 0.1) is 0 Å². The summed E-state index contributed by atoms with van der Waals surface area (Å²) < 4.78 is 39.4. The van der Waals surface area contributed by atoms with Crippen LogP contribution >= 0.6 is 0 Å². The Morgan fingerprint density at radius 2 is 0.615 bits per heavy atom. The van der Waals surface area contributed by atoms with Gasteiger partial charge in [-0.15, -0.1) is 0 Å². The van der Waals surface area contributed by atoms with Crippen molar-refractivity contribution in [2.45, 2.75) is 438 Å². The van der Waals surface area contributed by atoms with Crippen molar-refractivity contribution in [3.8, 4) is 0 Å². The van der Waals surface area contributed by atoms with Gasteiger partial charge in [-0.3, -0.25) is 29.4 Å². The number of hydrogen-bond donors (Lipinski definition) is 0. The molecule has 104 heavy (non-hydrogen) atoms. The second kappa shape index (κ2) is 45.9. The van der Waals surface area contributed by atoms with E-state index in [2.05, 4.69) is 262 Å². The molecule has 11 heterocycles. The molecule has 0 bridgehead atoms.